The molecule has 1 aliphatic rings. The van der Waals surface area contributed by atoms with E-state index in [2.05, 4.69) is 15.2 Å². The number of anilines is 1. The molecular weight excluding hydrogens is 354 g/mol. The number of allylic oxidation sites excluding steroid dienone is 1. The number of pyridine rings is 1. The van der Waals surface area contributed by atoms with Crippen molar-refractivity contribution in [1.82, 2.24) is 10.3 Å². The molecule has 6 nitrogen and oxygen atoms in total. The summed E-state index contributed by atoms with van der Waals surface area (Å²) in [5, 5.41) is 12.0. The normalized spacial score (nSPS) is 14.7. The first-order valence-corrected chi connectivity index (χ1v) is 9.22. The third-order valence-electron chi connectivity index (χ3n) is 4.47. The van der Waals surface area contributed by atoms with E-state index in [0.717, 1.165) is 37.4 Å². The predicted molar refractivity (Wildman–Crippen MR) is 110 cm³/mol. The molecule has 6 heteroatoms. The Bertz CT molecular complexity index is 865. The van der Waals surface area contributed by atoms with Crippen molar-refractivity contribution >= 4 is 29.4 Å². The number of rotatable bonds is 7. The van der Waals surface area contributed by atoms with E-state index in [1.807, 2.05) is 30.3 Å². The van der Waals surface area contributed by atoms with Crippen LogP contribution in [-0.4, -0.2) is 54.4 Å². The van der Waals surface area contributed by atoms with Crippen LogP contribution in [0.1, 0.15) is 21.6 Å². The standard InChI is InChI=1S/C22H23N3O3/c26-16-21(27)9-6-19-5-1-17(15-24-19)2-10-22(28)18-3-7-20(8-4-18)25-13-11-23-12-14-25/h1-10,15,23,26H,11-14,16H2/b9-6+,10-2+. The van der Waals surface area contributed by atoms with Crippen LogP contribution in [0.2, 0.25) is 0 Å². The smallest absolute Gasteiger partial charge is 0.185 e. The summed E-state index contributed by atoms with van der Waals surface area (Å²) in [5.74, 6) is -0.441. The van der Waals surface area contributed by atoms with Crippen molar-refractivity contribution in [3.8, 4) is 0 Å². The highest BCUT2D eigenvalue weighted by molar-refractivity contribution is 6.07. The number of ketones is 2. The third-order valence-corrected chi connectivity index (χ3v) is 4.47. The highest BCUT2D eigenvalue weighted by Crippen LogP contribution is 2.16. The zero-order chi connectivity index (χ0) is 19.8. The summed E-state index contributed by atoms with van der Waals surface area (Å²) in [6.45, 7) is 3.38. The molecule has 0 bridgehead atoms. The zero-order valence-electron chi connectivity index (χ0n) is 15.5. The highest BCUT2D eigenvalue weighted by Gasteiger charge is 2.10. The van der Waals surface area contributed by atoms with E-state index in [9.17, 15) is 9.59 Å². The molecule has 144 valence electrons. The van der Waals surface area contributed by atoms with Gasteiger partial charge in [0.25, 0.3) is 0 Å². The van der Waals surface area contributed by atoms with E-state index in [1.165, 1.54) is 18.2 Å². The Balaban J connectivity index is 1.60. The van der Waals surface area contributed by atoms with Crippen molar-refractivity contribution in [1.29, 1.82) is 0 Å². The van der Waals surface area contributed by atoms with Gasteiger partial charge >= 0.3 is 0 Å². The maximum Gasteiger partial charge on any atom is 0.185 e. The molecule has 2 N–H and O–H groups in total. The fraction of sp³-hybridized carbons (Fsp3) is 0.227. The topological polar surface area (TPSA) is 82.5 Å². The van der Waals surface area contributed by atoms with Crippen LogP contribution in [0.15, 0.2) is 54.7 Å². The maximum atomic E-state index is 12.4. The largest absolute Gasteiger partial charge is 0.388 e. The summed E-state index contributed by atoms with van der Waals surface area (Å²) in [7, 11) is 0. The second-order valence-electron chi connectivity index (χ2n) is 6.46. The fourth-order valence-corrected chi connectivity index (χ4v) is 2.87. The van der Waals surface area contributed by atoms with Crippen molar-refractivity contribution < 1.29 is 14.7 Å². The maximum absolute atomic E-state index is 12.4. The average molecular weight is 377 g/mol. The second kappa shape index (κ2) is 9.73. The molecular formula is C22H23N3O3. The van der Waals surface area contributed by atoms with Gasteiger partial charge in [0.05, 0.1) is 5.69 Å². The lowest BCUT2D eigenvalue weighted by Gasteiger charge is -2.29. The highest BCUT2D eigenvalue weighted by atomic mass is 16.3. The summed E-state index contributed by atoms with van der Waals surface area (Å²) in [5.41, 5.74) is 3.17. The number of aliphatic hydroxyl groups is 1. The molecule has 1 aromatic heterocycles. The van der Waals surface area contributed by atoms with Crippen LogP contribution in [0, 0.1) is 0 Å². The molecule has 2 aromatic rings. The Kier molecular flexibility index (Phi) is 6.84. The number of hydrogen-bond donors (Lipinski definition) is 2. The molecule has 0 radical (unpaired) electrons. The summed E-state index contributed by atoms with van der Waals surface area (Å²) in [6, 6.07) is 11.2. The lowest BCUT2D eigenvalue weighted by molar-refractivity contribution is -0.117. The van der Waals surface area contributed by atoms with Crippen LogP contribution in [0.25, 0.3) is 12.2 Å². The van der Waals surface area contributed by atoms with E-state index >= 15 is 0 Å². The number of aromatic nitrogens is 1. The molecule has 0 aliphatic carbocycles. The first-order chi connectivity index (χ1) is 13.7. The first kappa shape index (κ1) is 19.7. The lowest BCUT2D eigenvalue weighted by Crippen LogP contribution is -2.43. The second-order valence-corrected chi connectivity index (χ2v) is 6.46. The van der Waals surface area contributed by atoms with Crippen molar-refractivity contribution in [2.75, 3.05) is 37.7 Å². The molecule has 0 amide bonds. The number of nitrogens with zero attached hydrogens (tertiary/aromatic N) is 2. The Hall–Kier alpha value is -3.09. The Morgan fingerprint density at radius 3 is 2.43 bits per heavy atom. The number of carbonyl (C=O) groups is 2. The molecule has 3 rings (SSSR count). The van der Waals surface area contributed by atoms with E-state index < -0.39 is 6.61 Å². The van der Waals surface area contributed by atoms with Gasteiger partial charge < -0.3 is 15.3 Å². The number of hydrogen-bond acceptors (Lipinski definition) is 6. The summed E-state index contributed by atoms with van der Waals surface area (Å²) in [4.78, 5) is 29.9. The minimum Gasteiger partial charge on any atom is -0.388 e. The minimum atomic E-state index is -0.518. The Labute approximate surface area is 164 Å². The molecule has 0 atom stereocenters. The third kappa shape index (κ3) is 5.45. The van der Waals surface area contributed by atoms with E-state index in [1.54, 1.807) is 18.3 Å². The van der Waals surface area contributed by atoms with E-state index in [4.69, 9.17) is 5.11 Å². The molecule has 0 saturated carbocycles. The quantitative estimate of drug-likeness (QED) is 0.567. The minimum absolute atomic E-state index is 0.0654. The van der Waals surface area contributed by atoms with Crippen LogP contribution in [-0.2, 0) is 4.79 Å². The molecule has 0 spiro atoms. The van der Waals surface area contributed by atoms with Gasteiger partial charge in [-0.25, -0.2) is 0 Å². The van der Waals surface area contributed by atoms with Crippen LogP contribution in [0.5, 0.6) is 0 Å². The molecule has 1 fully saturated rings. The lowest BCUT2D eigenvalue weighted by atomic mass is 10.1. The molecule has 0 unspecified atom stereocenters. The Morgan fingerprint density at radius 2 is 1.79 bits per heavy atom. The van der Waals surface area contributed by atoms with Crippen molar-refractivity contribution in [3.05, 3.63) is 71.6 Å². The van der Waals surface area contributed by atoms with Crippen LogP contribution >= 0.6 is 0 Å². The monoisotopic (exact) mass is 377 g/mol. The number of nitrogens with one attached hydrogen (secondary N) is 1. The van der Waals surface area contributed by atoms with E-state index in [0.29, 0.717) is 11.3 Å². The Morgan fingerprint density at radius 1 is 1.04 bits per heavy atom. The molecule has 2 heterocycles. The predicted octanol–water partition coefficient (Wildman–Crippen LogP) is 1.96. The van der Waals surface area contributed by atoms with Crippen molar-refractivity contribution in [3.63, 3.8) is 0 Å². The van der Waals surface area contributed by atoms with Gasteiger partial charge in [-0.3, -0.25) is 14.6 Å². The molecule has 1 saturated heterocycles. The SMILES string of the molecule is O=C(/C=C/c1ccc(/C=C/C(=O)c2ccc(N3CCNCC3)cc2)cn1)CO. The van der Waals surface area contributed by atoms with Crippen LogP contribution in [0.4, 0.5) is 5.69 Å². The number of piperazine rings is 1. The van der Waals surface area contributed by atoms with Crippen molar-refractivity contribution in [2.24, 2.45) is 0 Å². The zero-order valence-corrected chi connectivity index (χ0v) is 15.5. The number of aliphatic hydroxyl groups excluding tert-OH is 1. The summed E-state index contributed by atoms with van der Waals surface area (Å²) in [6.07, 6.45) is 7.69. The van der Waals surface area contributed by atoms with Gasteiger partial charge in [0.2, 0.25) is 0 Å². The molecule has 1 aliphatic heterocycles. The summed E-state index contributed by atoms with van der Waals surface area (Å²) >= 11 is 0. The van der Waals surface area contributed by atoms with Crippen LogP contribution < -0.4 is 10.2 Å². The first-order valence-electron chi connectivity index (χ1n) is 9.22. The van der Waals surface area contributed by atoms with Gasteiger partial charge in [-0.15, -0.1) is 0 Å². The van der Waals surface area contributed by atoms with Crippen LogP contribution in [0.3, 0.4) is 0 Å². The van der Waals surface area contributed by atoms with Gasteiger partial charge in [0, 0.05) is 43.6 Å². The van der Waals surface area contributed by atoms with Gasteiger partial charge in [0.1, 0.15) is 6.61 Å². The number of benzene rings is 1. The van der Waals surface area contributed by atoms with Gasteiger partial charge in [-0.2, -0.15) is 0 Å². The number of carbonyl (C=O) groups excluding carboxylic acids is 2. The molecule has 1 aromatic carbocycles. The van der Waals surface area contributed by atoms with Gasteiger partial charge in [0.15, 0.2) is 11.6 Å². The van der Waals surface area contributed by atoms with E-state index in [-0.39, 0.29) is 11.6 Å². The fourth-order valence-electron chi connectivity index (χ4n) is 2.87. The summed E-state index contributed by atoms with van der Waals surface area (Å²) < 4.78 is 0. The molecule has 28 heavy (non-hydrogen) atoms. The van der Waals surface area contributed by atoms with Crippen molar-refractivity contribution in [2.45, 2.75) is 0 Å². The average Bonchev–Trinajstić information content (AvgIpc) is 2.77. The van der Waals surface area contributed by atoms with Gasteiger partial charge in [-0.05, 0) is 60.2 Å². The van der Waals surface area contributed by atoms with Gasteiger partial charge in [-0.1, -0.05) is 6.07 Å².